The van der Waals surface area contributed by atoms with Crippen molar-refractivity contribution in [3.63, 3.8) is 0 Å². The highest BCUT2D eigenvalue weighted by atomic mass is 32.2. The standard InChI is InChI=1S/C19H27FN4O4S/c1-14-4-5-15(20)12-17(14)29(26,27)24-9-6-19(7-10-24)13-16(22-28-19)18(25)21-8-11-23(2)3/h4-5,12-13,22H,6-11H2,1-3H3,(H,21,25). The largest absolute Gasteiger partial charge is 0.349 e. The molecule has 8 nitrogen and oxygen atoms in total. The molecule has 1 spiro atoms. The summed E-state index contributed by atoms with van der Waals surface area (Å²) in [5.41, 5.74) is 2.79. The van der Waals surface area contributed by atoms with Crippen molar-refractivity contribution in [2.75, 3.05) is 40.3 Å². The number of aryl methyl sites for hydroxylation is 1. The molecule has 160 valence electrons. The number of nitrogens with one attached hydrogen (secondary N) is 2. The van der Waals surface area contributed by atoms with Gasteiger partial charge in [0, 0.05) is 26.2 Å². The maximum atomic E-state index is 13.6. The number of hydrogen-bond donors (Lipinski definition) is 2. The van der Waals surface area contributed by atoms with Gasteiger partial charge in [-0.3, -0.25) is 15.1 Å². The van der Waals surface area contributed by atoms with Crippen LogP contribution in [0.2, 0.25) is 0 Å². The van der Waals surface area contributed by atoms with Crippen LogP contribution < -0.4 is 10.8 Å². The van der Waals surface area contributed by atoms with Crippen molar-refractivity contribution in [1.29, 1.82) is 0 Å². The lowest BCUT2D eigenvalue weighted by atomic mass is 9.92. The number of benzene rings is 1. The van der Waals surface area contributed by atoms with Crippen LogP contribution in [0.15, 0.2) is 34.9 Å². The normalized spacial score (nSPS) is 19.3. The van der Waals surface area contributed by atoms with Gasteiger partial charge >= 0.3 is 0 Å². The quantitative estimate of drug-likeness (QED) is 0.698. The van der Waals surface area contributed by atoms with E-state index in [4.69, 9.17) is 4.84 Å². The monoisotopic (exact) mass is 426 g/mol. The summed E-state index contributed by atoms with van der Waals surface area (Å²) < 4.78 is 40.8. The number of carbonyl (C=O) groups is 1. The third-order valence-electron chi connectivity index (χ3n) is 5.20. The van der Waals surface area contributed by atoms with Crippen LogP contribution in [0, 0.1) is 12.7 Å². The Morgan fingerprint density at radius 2 is 2.03 bits per heavy atom. The van der Waals surface area contributed by atoms with Crippen LogP contribution >= 0.6 is 0 Å². The fourth-order valence-electron chi connectivity index (χ4n) is 3.42. The molecule has 2 N–H and O–H groups in total. The van der Waals surface area contributed by atoms with Gasteiger partial charge in [-0.05, 0) is 57.6 Å². The minimum absolute atomic E-state index is 0.0181. The molecule has 2 aliphatic rings. The molecule has 1 saturated heterocycles. The Bertz CT molecular complexity index is 909. The zero-order valence-electron chi connectivity index (χ0n) is 16.9. The summed E-state index contributed by atoms with van der Waals surface area (Å²) in [7, 11) is 0.0436. The highest BCUT2D eigenvalue weighted by Gasteiger charge is 2.42. The summed E-state index contributed by atoms with van der Waals surface area (Å²) in [5.74, 6) is -0.840. The van der Waals surface area contributed by atoms with Crippen molar-refractivity contribution in [2.45, 2.75) is 30.3 Å². The first-order chi connectivity index (χ1) is 13.6. The number of hydroxylamine groups is 1. The first kappa shape index (κ1) is 21.7. The van der Waals surface area contributed by atoms with E-state index < -0.39 is 21.4 Å². The first-order valence-electron chi connectivity index (χ1n) is 9.49. The second kappa shape index (κ2) is 8.39. The molecule has 0 saturated carbocycles. The summed E-state index contributed by atoms with van der Waals surface area (Å²) in [4.78, 5) is 19.9. The molecule has 0 unspecified atom stereocenters. The topological polar surface area (TPSA) is 91.0 Å². The van der Waals surface area contributed by atoms with Crippen LogP contribution in [0.25, 0.3) is 0 Å². The van der Waals surface area contributed by atoms with Crippen LogP contribution in [0.4, 0.5) is 4.39 Å². The Morgan fingerprint density at radius 1 is 1.34 bits per heavy atom. The van der Waals surface area contributed by atoms with Crippen molar-refractivity contribution in [3.8, 4) is 0 Å². The van der Waals surface area contributed by atoms with Crippen molar-refractivity contribution < 1.29 is 22.4 Å². The number of likely N-dealkylation sites (N-methyl/N-ethyl adjacent to an activating group) is 1. The molecule has 0 atom stereocenters. The third-order valence-corrected chi connectivity index (χ3v) is 7.24. The average molecular weight is 427 g/mol. The zero-order chi connectivity index (χ0) is 21.2. The van der Waals surface area contributed by atoms with E-state index in [9.17, 15) is 17.6 Å². The third kappa shape index (κ3) is 4.77. The van der Waals surface area contributed by atoms with E-state index in [-0.39, 0.29) is 23.9 Å². The second-order valence-corrected chi connectivity index (χ2v) is 9.61. The highest BCUT2D eigenvalue weighted by Crippen LogP contribution is 2.34. The predicted molar refractivity (Wildman–Crippen MR) is 106 cm³/mol. The fraction of sp³-hybridized carbons (Fsp3) is 0.526. The van der Waals surface area contributed by atoms with Crippen LogP contribution in [-0.2, 0) is 19.7 Å². The average Bonchev–Trinajstić information content (AvgIpc) is 3.07. The van der Waals surface area contributed by atoms with Crippen molar-refractivity contribution in [2.24, 2.45) is 0 Å². The molecule has 2 heterocycles. The lowest BCUT2D eigenvalue weighted by molar-refractivity contribution is -0.120. The molecule has 1 aromatic rings. The highest BCUT2D eigenvalue weighted by molar-refractivity contribution is 7.89. The SMILES string of the molecule is Cc1ccc(F)cc1S(=O)(=O)N1CCC2(C=C(C(=O)NCCN(C)C)NO2)CC1. The molecule has 10 heteroatoms. The minimum Gasteiger partial charge on any atom is -0.349 e. The van der Waals surface area contributed by atoms with Gasteiger partial charge < -0.3 is 10.2 Å². The Morgan fingerprint density at radius 3 is 2.69 bits per heavy atom. The number of amides is 1. The number of carbonyl (C=O) groups excluding carboxylic acids is 1. The molecule has 3 rings (SSSR count). The number of halogens is 1. The summed E-state index contributed by atoms with van der Waals surface area (Å²) in [6.45, 7) is 3.30. The number of hydrogen-bond acceptors (Lipinski definition) is 6. The van der Waals surface area contributed by atoms with Gasteiger partial charge in [0.15, 0.2) is 0 Å². The molecule has 2 aliphatic heterocycles. The van der Waals surface area contributed by atoms with Crippen LogP contribution in [-0.4, -0.2) is 69.4 Å². The van der Waals surface area contributed by atoms with Gasteiger partial charge in [0.1, 0.15) is 17.1 Å². The Balaban J connectivity index is 1.65. The maximum absolute atomic E-state index is 13.6. The Kier molecular flexibility index (Phi) is 6.27. The van der Waals surface area contributed by atoms with E-state index in [2.05, 4.69) is 10.8 Å². The van der Waals surface area contributed by atoms with Gasteiger partial charge in [-0.2, -0.15) is 4.31 Å². The van der Waals surface area contributed by atoms with Crippen molar-refractivity contribution in [3.05, 3.63) is 41.4 Å². The summed E-state index contributed by atoms with van der Waals surface area (Å²) >= 11 is 0. The summed E-state index contributed by atoms with van der Waals surface area (Å²) in [6.07, 6.45) is 2.51. The number of piperidine rings is 1. The lowest BCUT2D eigenvalue weighted by Crippen LogP contribution is -2.46. The molecular formula is C19H27FN4O4S. The van der Waals surface area contributed by atoms with Gasteiger partial charge in [0.2, 0.25) is 10.0 Å². The molecule has 0 aliphatic carbocycles. The van der Waals surface area contributed by atoms with Crippen molar-refractivity contribution >= 4 is 15.9 Å². The smallest absolute Gasteiger partial charge is 0.269 e. The van der Waals surface area contributed by atoms with Gasteiger partial charge in [-0.25, -0.2) is 12.8 Å². The van der Waals surface area contributed by atoms with Gasteiger partial charge in [-0.1, -0.05) is 6.07 Å². The van der Waals surface area contributed by atoms with E-state index >= 15 is 0 Å². The van der Waals surface area contributed by atoms with E-state index in [1.807, 2.05) is 19.0 Å². The van der Waals surface area contributed by atoms with Crippen LogP contribution in [0.1, 0.15) is 18.4 Å². The molecule has 0 bridgehead atoms. The number of sulfonamides is 1. The Labute approximate surface area is 170 Å². The molecule has 29 heavy (non-hydrogen) atoms. The van der Waals surface area contributed by atoms with Crippen LogP contribution in [0.5, 0.6) is 0 Å². The van der Waals surface area contributed by atoms with Gasteiger partial charge in [-0.15, -0.1) is 0 Å². The molecule has 1 amide bonds. The molecule has 0 radical (unpaired) electrons. The van der Waals surface area contributed by atoms with E-state index in [0.717, 1.165) is 12.6 Å². The zero-order valence-corrected chi connectivity index (χ0v) is 17.7. The van der Waals surface area contributed by atoms with Crippen molar-refractivity contribution in [1.82, 2.24) is 20.0 Å². The van der Waals surface area contributed by atoms with E-state index in [1.54, 1.807) is 13.0 Å². The first-order valence-corrected chi connectivity index (χ1v) is 10.9. The molecule has 1 aromatic carbocycles. The van der Waals surface area contributed by atoms with E-state index in [1.165, 1.54) is 16.4 Å². The fourth-order valence-corrected chi connectivity index (χ4v) is 5.10. The minimum atomic E-state index is -3.80. The second-order valence-electron chi connectivity index (χ2n) is 7.70. The lowest BCUT2D eigenvalue weighted by Gasteiger charge is -2.36. The summed E-state index contributed by atoms with van der Waals surface area (Å²) in [6, 6.07) is 3.76. The molecular weight excluding hydrogens is 399 g/mol. The van der Waals surface area contributed by atoms with Gasteiger partial charge in [0.05, 0.1) is 4.90 Å². The molecule has 0 aromatic heterocycles. The van der Waals surface area contributed by atoms with Crippen LogP contribution in [0.3, 0.4) is 0 Å². The maximum Gasteiger partial charge on any atom is 0.269 e. The number of nitrogens with zero attached hydrogens (tertiary/aromatic N) is 2. The van der Waals surface area contributed by atoms with E-state index in [0.29, 0.717) is 30.6 Å². The Hall–Kier alpha value is -2.01. The number of rotatable bonds is 6. The van der Waals surface area contributed by atoms with Gasteiger partial charge in [0.25, 0.3) is 5.91 Å². The predicted octanol–water partition coefficient (Wildman–Crippen LogP) is 0.754. The molecule has 1 fully saturated rings. The summed E-state index contributed by atoms with van der Waals surface area (Å²) in [5, 5.41) is 2.81.